The number of amides is 1. The molecule has 174 valence electrons. The Hall–Kier alpha value is -3.74. The van der Waals surface area contributed by atoms with Gasteiger partial charge in [0.25, 0.3) is 0 Å². The molecular weight excluding hydrogens is 429 g/mol. The van der Waals surface area contributed by atoms with Crippen LogP contribution in [0.4, 0.5) is 10.2 Å². The molecule has 6 nitrogen and oxygen atoms in total. The average molecular weight is 458 g/mol. The molecule has 2 aromatic carbocycles. The van der Waals surface area contributed by atoms with Gasteiger partial charge in [-0.2, -0.15) is 5.10 Å². The Morgan fingerprint density at radius 3 is 2.74 bits per heavy atom. The predicted molar refractivity (Wildman–Crippen MR) is 131 cm³/mol. The van der Waals surface area contributed by atoms with Crippen molar-refractivity contribution < 1.29 is 9.18 Å². The van der Waals surface area contributed by atoms with Crippen molar-refractivity contribution in [3.63, 3.8) is 0 Å². The van der Waals surface area contributed by atoms with E-state index in [4.69, 9.17) is 5.10 Å². The summed E-state index contributed by atoms with van der Waals surface area (Å²) < 4.78 is 15.0. The summed E-state index contributed by atoms with van der Waals surface area (Å²) in [5.41, 5.74) is 6.29. The van der Waals surface area contributed by atoms with Gasteiger partial charge in [0.2, 0.25) is 5.91 Å². The second-order valence-corrected chi connectivity index (χ2v) is 9.04. The molecule has 2 aromatic heterocycles. The molecule has 0 aliphatic carbocycles. The third kappa shape index (κ3) is 4.51. The van der Waals surface area contributed by atoms with Gasteiger partial charge in [-0.3, -0.25) is 4.79 Å². The normalized spacial score (nSPS) is 16.1. The lowest BCUT2D eigenvalue weighted by Crippen LogP contribution is -2.43. The minimum Gasteiger partial charge on any atom is -0.354 e. The molecule has 4 aromatic rings. The highest BCUT2D eigenvalue weighted by atomic mass is 19.1. The van der Waals surface area contributed by atoms with Crippen LogP contribution in [0.15, 0.2) is 60.9 Å². The van der Waals surface area contributed by atoms with E-state index in [1.807, 2.05) is 10.7 Å². The van der Waals surface area contributed by atoms with Crippen molar-refractivity contribution in [2.45, 2.75) is 33.2 Å². The van der Waals surface area contributed by atoms with E-state index < -0.39 is 0 Å². The first-order valence-corrected chi connectivity index (χ1v) is 11.7. The van der Waals surface area contributed by atoms with Crippen molar-refractivity contribution in [1.29, 1.82) is 0 Å². The third-order valence-electron chi connectivity index (χ3n) is 6.64. The van der Waals surface area contributed by atoms with Crippen LogP contribution < -0.4 is 10.2 Å². The van der Waals surface area contributed by atoms with Crippen LogP contribution in [0.3, 0.4) is 0 Å². The van der Waals surface area contributed by atoms with Gasteiger partial charge in [0.15, 0.2) is 5.82 Å². The molecular formula is C27H28FN5O. The molecule has 0 saturated carbocycles. The summed E-state index contributed by atoms with van der Waals surface area (Å²) in [5.74, 6) is 0.463. The number of halogens is 1. The zero-order chi connectivity index (χ0) is 23.7. The maximum absolute atomic E-state index is 13.1. The lowest BCUT2D eigenvalue weighted by Gasteiger charge is -2.33. The topological polar surface area (TPSA) is 62.5 Å². The molecule has 1 N–H and O–H groups in total. The fraction of sp³-hybridized carbons (Fsp3) is 0.296. The number of rotatable bonds is 5. The summed E-state index contributed by atoms with van der Waals surface area (Å²) in [6, 6.07) is 14.7. The molecule has 1 atom stereocenters. The molecule has 1 aliphatic rings. The molecule has 1 amide bonds. The van der Waals surface area contributed by atoms with Gasteiger partial charge in [-0.1, -0.05) is 24.3 Å². The first-order valence-electron chi connectivity index (χ1n) is 11.7. The number of carbonyl (C=O) groups excluding carboxylic acids is 1. The summed E-state index contributed by atoms with van der Waals surface area (Å²) in [6.07, 6.45) is 5.37. The van der Waals surface area contributed by atoms with Crippen LogP contribution in [0, 0.1) is 25.6 Å². The van der Waals surface area contributed by atoms with E-state index in [2.05, 4.69) is 53.3 Å². The molecule has 1 saturated heterocycles. The van der Waals surface area contributed by atoms with E-state index >= 15 is 0 Å². The second-order valence-electron chi connectivity index (χ2n) is 9.04. The highest BCUT2D eigenvalue weighted by Gasteiger charge is 2.27. The van der Waals surface area contributed by atoms with Crippen molar-refractivity contribution in [2.75, 3.05) is 18.0 Å². The molecule has 34 heavy (non-hydrogen) atoms. The maximum Gasteiger partial charge on any atom is 0.225 e. The van der Waals surface area contributed by atoms with Crippen LogP contribution in [0.1, 0.15) is 29.5 Å². The zero-order valence-corrected chi connectivity index (χ0v) is 19.5. The van der Waals surface area contributed by atoms with Crippen LogP contribution in [-0.4, -0.2) is 33.6 Å². The van der Waals surface area contributed by atoms with Crippen LogP contribution in [0.25, 0.3) is 16.8 Å². The number of hydrogen-bond donors (Lipinski definition) is 1. The zero-order valence-electron chi connectivity index (χ0n) is 19.5. The van der Waals surface area contributed by atoms with E-state index in [1.165, 1.54) is 23.3 Å². The van der Waals surface area contributed by atoms with E-state index in [0.717, 1.165) is 47.5 Å². The Bertz CT molecular complexity index is 1330. The Labute approximate surface area is 198 Å². The van der Waals surface area contributed by atoms with E-state index in [1.54, 1.807) is 18.3 Å². The van der Waals surface area contributed by atoms with Gasteiger partial charge in [0.1, 0.15) is 11.3 Å². The smallest absolute Gasteiger partial charge is 0.225 e. The van der Waals surface area contributed by atoms with Crippen molar-refractivity contribution in [1.82, 2.24) is 19.9 Å². The van der Waals surface area contributed by atoms with Gasteiger partial charge in [-0.15, -0.1) is 0 Å². The summed E-state index contributed by atoms with van der Waals surface area (Å²) in [4.78, 5) is 19.7. The summed E-state index contributed by atoms with van der Waals surface area (Å²) in [5, 5.41) is 7.78. The number of aryl methyl sites for hydroxylation is 2. The first-order chi connectivity index (χ1) is 16.5. The quantitative estimate of drug-likeness (QED) is 0.473. The average Bonchev–Trinajstić information content (AvgIpc) is 3.30. The van der Waals surface area contributed by atoms with Gasteiger partial charge in [-0.25, -0.2) is 13.9 Å². The summed E-state index contributed by atoms with van der Waals surface area (Å²) >= 11 is 0. The van der Waals surface area contributed by atoms with E-state index in [0.29, 0.717) is 13.1 Å². The molecule has 0 radical (unpaired) electrons. The van der Waals surface area contributed by atoms with Gasteiger partial charge in [-0.05, 0) is 67.6 Å². The Kier molecular flexibility index (Phi) is 6.01. The van der Waals surface area contributed by atoms with E-state index in [9.17, 15) is 9.18 Å². The molecule has 0 bridgehead atoms. The van der Waals surface area contributed by atoms with Crippen molar-refractivity contribution in [3.05, 3.63) is 83.4 Å². The maximum atomic E-state index is 13.1. The number of carbonyl (C=O) groups is 1. The predicted octanol–water partition coefficient (Wildman–Crippen LogP) is 4.69. The van der Waals surface area contributed by atoms with E-state index in [-0.39, 0.29) is 17.6 Å². The Morgan fingerprint density at radius 2 is 1.94 bits per heavy atom. The van der Waals surface area contributed by atoms with Crippen LogP contribution in [0.2, 0.25) is 0 Å². The van der Waals surface area contributed by atoms with Gasteiger partial charge >= 0.3 is 0 Å². The summed E-state index contributed by atoms with van der Waals surface area (Å²) in [7, 11) is 0. The SMILES string of the molecule is Cc1ccc(-c2cc3c(N4CCC[C@H](C(=O)NCc5ccc(F)cc5)C4)nccn3n2)cc1C. The van der Waals surface area contributed by atoms with Crippen molar-refractivity contribution in [2.24, 2.45) is 5.92 Å². The highest BCUT2D eigenvalue weighted by molar-refractivity contribution is 5.81. The third-order valence-corrected chi connectivity index (χ3v) is 6.64. The van der Waals surface area contributed by atoms with Crippen LogP contribution >= 0.6 is 0 Å². The number of aromatic nitrogens is 3. The van der Waals surface area contributed by atoms with Crippen LogP contribution in [0.5, 0.6) is 0 Å². The van der Waals surface area contributed by atoms with Gasteiger partial charge in [0.05, 0.1) is 11.6 Å². The monoisotopic (exact) mass is 457 g/mol. The molecule has 0 spiro atoms. The van der Waals surface area contributed by atoms with Crippen LogP contribution in [-0.2, 0) is 11.3 Å². The fourth-order valence-electron chi connectivity index (χ4n) is 4.51. The molecule has 3 heterocycles. The largest absolute Gasteiger partial charge is 0.354 e. The lowest BCUT2D eigenvalue weighted by atomic mass is 9.97. The highest BCUT2D eigenvalue weighted by Crippen LogP contribution is 2.29. The minimum absolute atomic E-state index is 0.0188. The Morgan fingerprint density at radius 1 is 1.12 bits per heavy atom. The number of nitrogens with zero attached hydrogens (tertiary/aromatic N) is 4. The van der Waals surface area contributed by atoms with Crippen molar-refractivity contribution in [3.8, 4) is 11.3 Å². The molecule has 7 heteroatoms. The number of hydrogen-bond acceptors (Lipinski definition) is 4. The number of benzene rings is 2. The summed E-state index contributed by atoms with van der Waals surface area (Å²) in [6.45, 7) is 6.06. The fourth-order valence-corrected chi connectivity index (χ4v) is 4.51. The molecule has 1 fully saturated rings. The van der Waals surface area contributed by atoms with Gasteiger partial charge < -0.3 is 10.2 Å². The number of anilines is 1. The standard InChI is InChI=1S/C27H28FN5O/c1-18-5-8-21(14-19(18)2)24-15-25-26(29-11-13-33(25)31-24)32-12-3-4-22(17-32)27(34)30-16-20-6-9-23(28)10-7-20/h5-11,13-15,22H,3-4,12,16-17H2,1-2H3,(H,30,34)/t22-/m0/s1. The molecule has 1 aliphatic heterocycles. The van der Waals surface area contributed by atoms with Crippen molar-refractivity contribution >= 4 is 17.2 Å². The number of nitrogens with one attached hydrogen (secondary N) is 1. The molecule has 5 rings (SSSR count). The lowest BCUT2D eigenvalue weighted by molar-refractivity contribution is -0.125. The minimum atomic E-state index is -0.278. The Balaban J connectivity index is 1.33. The number of piperidine rings is 1. The number of fused-ring (bicyclic) bond motifs is 1. The first kappa shape index (κ1) is 22.1. The molecule has 0 unspecified atom stereocenters. The second kappa shape index (κ2) is 9.25. The van der Waals surface area contributed by atoms with Gasteiger partial charge in [0, 0.05) is 37.6 Å².